The quantitative estimate of drug-likeness (QED) is 0.133. The van der Waals surface area contributed by atoms with E-state index < -0.39 is 42.4 Å². The zero-order valence-corrected chi connectivity index (χ0v) is 25.4. The van der Waals surface area contributed by atoms with Gasteiger partial charge in [0.15, 0.2) is 18.4 Å². The first-order valence-electron chi connectivity index (χ1n) is 13.6. The summed E-state index contributed by atoms with van der Waals surface area (Å²) in [5, 5.41) is 9.75. The van der Waals surface area contributed by atoms with Gasteiger partial charge < -0.3 is 18.9 Å². The Labute approximate surface area is 271 Å². The number of hydrogen-bond acceptors (Lipinski definition) is 9. The topological polar surface area (TPSA) is 119 Å². The third-order valence-corrected chi connectivity index (χ3v) is 7.76. The Morgan fingerprint density at radius 2 is 1.16 bits per heavy atom. The first-order valence-corrected chi connectivity index (χ1v) is 14.7. The molecule has 4 aromatic carbocycles. The third-order valence-electron chi connectivity index (χ3n) is 7.01. The third kappa shape index (κ3) is 6.79. The molecular weight excluding hydrogens is 645 g/mol. The minimum atomic E-state index is -1.26. The summed E-state index contributed by atoms with van der Waals surface area (Å²) in [6.45, 7) is -0.363. The van der Waals surface area contributed by atoms with Crippen LogP contribution in [0.25, 0.3) is 11.0 Å². The number of carbonyl (C=O) groups is 3. The lowest BCUT2D eigenvalue weighted by molar-refractivity contribution is -0.0659. The van der Waals surface area contributed by atoms with Crippen LogP contribution in [-0.4, -0.2) is 57.8 Å². The first-order chi connectivity index (χ1) is 21.8. The van der Waals surface area contributed by atoms with Crippen LogP contribution in [0.15, 0.2) is 97.1 Å². The number of nitrogens with zero attached hydrogens (tertiary/aromatic N) is 3. The van der Waals surface area contributed by atoms with Crippen molar-refractivity contribution in [3.63, 3.8) is 0 Å². The number of rotatable bonds is 8. The predicted molar refractivity (Wildman–Crippen MR) is 164 cm³/mol. The fraction of sp³-hybridized carbons (Fsp3) is 0.156. The van der Waals surface area contributed by atoms with E-state index in [4.69, 9.17) is 53.8 Å². The largest absolute Gasteiger partial charge is 0.459 e. The van der Waals surface area contributed by atoms with Gasteiger partial charge in [0.1, 0.15) is 18.2 Å². The van der Waals surface area contributed by atoms with E-state index in [9.17, 15) is 14.4 Å². The number of fused-ring (bicyclic) bond motifs is 1. The summed E-state index contributed by atoms with van der Waals surface area (Å²) in [5.41, 5.74) is 1.75. The van der Waals surface area contributed by atoms with Crippen LogP contribution in [0.1, 0.15) is 37.3 Å². The molecule has 45 heavy (non-hydrogen) atoms. The number of carbonyl (C=O) groups excluding carboxylic acids is 3. The average Bonchev–Trinajstić information content (AvgIpc) is 3.62. The van der Waals surface area contributed by atoms with E-state index in [1.54, 1.807) is 48.5 Å². The van der Waals surface area contributed by atoms with Crippen LogP contribution in [0.5, 0.6) is 0 Å². The van der Waals surface area contributed by atoms with Crippen LogP contribution in [0.3, 0.4) is 0 Å². The maximum atomic E-state index is 13.4. The Balaban J connectivity index is 1.35. The number of para-hydroxylation sites is 1. The van der Waals surface area contributed by atoms with Gasteiger partial charge in [0.2, 0.25) is 0 Å². The number of benzene rings is 4. The summed E-state index contributed by atoms with van der Waals surface area (Å²) < 4.78 is 25.2. The molecule has 1 aromatic heterocycles. The molecule has 0 unspecified atom stereocenters. The molecule has 0 spiro atoms. The Hall–Kier alpha value is -4.48. The molecule has 0 amide bonds. The molecule has 1 saturated heterocycles. The summed E-state index contributed by atoms with van der Waals surface area (Å²) in [6, 6.07) is 25.4. The maximum Gasteiger partial charge on any atom is 0.338 e. The van der Waals surface area contributed by atoms with E-state index in [2.05, 4.69) is 10.3 Å². The first kappa shape index (κ1) is 30.5. The minimum Gasteiger partial charge on any atom is -0.459 e. The van der Waals surface area contributed by atoms with Crippen LogP contribution in [0, 0.1) is 0 Å². The minimum absolute atomic E-state index is 0.189. The second kappa shape index (κ2) is 13.3. The number of aromatic nitrogens is 3. The molecule has 2 heterocycles. The van der Waals surface area contributed by atoms with Crippen molar-refractivity contribution in [1.82, 2.24) is 15.0 Å². The second-order valence-electron chi connectivity index (χ2n) is 9.95. The summed E-state index contributed by atoms with van der Waals surface area (Å²) in [7, 11) is 0. The fourth-order valence-corrected chi connectivity index (χ4v) is 5.14. The van der Waals surface area contributed by atoms with Crippen LogP contribution in [0.4, 0.5) is 0 Å². The van der Waals surface area contributed by atoms with Crippen LogP contribution >= 0.6 is 34.8 Å². The van der Waals surface area contributed by atoms with Crippen molar-refractivity contribution in [3.8, 4) is 0 Å². The Kier molecular flexibility index (Phi) is 8.99. The van der Waals surface area contributed by atoms with Crippen molar-refractivity contribution in [2.75, 3.05) is 6.61 Å². The molecule has 1 aliphatic heterocycles. The molecule has 0 radical (unpaired) electrons. The van der Waals surface area contributed by atoms with Crippen molar-refractivity contribution in [2.24, 2.45) is 0 Å². The van der Waals surface area contributed by atoms with Gasteiger partial charge in [0.25, 0.3) is 0 Å². The summed E-state index contributed by atoms with van der Waals surface area (Å²) >= 11 is 18.0. The molecule has 13 heteroatoms. The molecular formula is C32H22Cl3N3O7. The molecule has 228 valence electrons. The van der Waals surface area contributed by atoms with E-state index >= 15 is 0 Å². The Morgan fingerprint density at radius 3 is 1.71 bits per heavy atom. The van der Waals surface area contributed by atoms with Gasteiger partial charge in [0, 0.05) is 15.1 Å². The van der Waals surface area contributed by atoms with Crippen molar-refractivity contribution in [3.05, 3.63) is 129 Å². The molecule has 0 saturated carbocycles. The highest BCUT2D eigenvalue weighted by Crippen LogP contribution is 2.36. The smallest absolute Gasteiger partial charge is 0.338 e. The van der Waals surface area contributed by atoms with Crippen molar-refractivity contribution in [1.29, 1.82) is 0 Å². The molecule has 5 aromatic rings. The van der Waals surface area contributed by atoms with Crippen molar-refractivity contribution >= 4 is 63.7 Å². The van der Waals surface area contributed by atoms with E-state index in [1.807, 2.05) is 0 Å². The van der Waals surface area contributed by atoms with E-state index in [0.717, 1.165) is 0 Å². The van der Waals surface area contributed by atoms with Crippen molar-refractivity contribution in [2.45, 2.75) is 24.5 Å². The highest BCUT2D eigenvalue weighted by molar-refractivity contribution is 6.31. The molecule has 10 nitrogen and oxygen atoms in total. The molecule has 1 aliphatic rings. The normalized spacial score (nSPS) is 19.3. The van der Waals surface area contributed by atoms with Gasteiger partial charge in [-0.25, -0.2) is 19.1 Å². The van der Waals surface area contributed by atoms with Gasteiger partial charge in [-0.15, -0.1) is 5.10 Å². The molecule has 1 fully saturated rings. The van der Waals surface area contributed by atoms with Gasteiger partial charge in [-0.1, -0.05) is 52.1 Å². The predicted octanol–water partition coefficient (Wildman–Crippen LogP) is 6.60. The highest BCUT2D eigenvalue weighted by Gasteiger charge is 2.52. The van der Waals surface area contributed by atoms with Gasteiger partial charge in [0.05, 0.1) is 22.2 Å². The van der Waals surface area contributed by atoms with E-state index in [-0.39, 0.29) is 23.3 Å². The van der Waals surface area contributed by atoms with Crippen molar-refractivity contribution < 1.29 is 33.3 Å². The van der Waals surface area contributed by atoms with Gasteiger partial charge in [-0.3, -0.25) is 0 Å². The second-order valence-corrected chi connectivity index (χ2v) is 11.3. The molecule has 0 aliphatic carbocycles. The lowest BCUT2D eigenvalue weighted by atomic mass is 10.1. The standard InChI is InChI=1S/C32H22Cl3N3O7/c33-21-11-5-18(6-12-21)30(39)42-17-26-27(44-31(40)19-7-13-22(34)14-8-19)28(45-32(41)20-9-15-23(35)16-10-20)29(43-26)38-25-4-2-1-3-24(25)36-37-38/h1-16,26-29H,17H2/t26-,27-,28-,29-/m1/s1. The van der Waals surface area contributed by atoms with Gasteiger partial charge >= 0.3 is 17.9 Å². The van der Waals surface area contributed by atoms with Crippen LogP contribution in [0.2, 0.25) is 15.1 Å². The lowest BCUT2D eigenvalue weighted by Gasteiger charge is -2.24. The van der Waals surface area contributed by atoms with Gasteiger partial charge in [-0.2, -0.15) is 0 Å². The summed E-state index contributed by atoms with van der Waals surface area (Å²) in [5.74, 6) is -2.14. The highest BCUT2D eigenvalue weighted by atomic mass is 35.5. The van der Waals surface area contributed by atoms with Crippen LogP contribution < -0.4 is 0 Å². The molecule has 6 rings (SSSR count). The SMILES string of the molecule is O=C(OC[C@H]1O[C@@H](n2nnc3ccccc32)[C@H](OC(=O)c2ccc(Cl)cc2)[C@@H]1OC(=O)c1ccc(Cl)cc1)c1ccc(Cl)cc1. The van der Waals surface area contributed by atoms with E-state index in [0.29, 0.717) is 26.1 Å². The number of halogens is 3. The molecule has 4 atom stereocenters. The number of esters is 3. The fourth-order valence-electron chi connectivity index (χ4n) is 4.76. The van der Waals surface area contributed by atoms with E-state index in [1.165, 1.54) is 53.2 Å². The average molecular weight is 667 g/mol. The summed E-state index contributed by atoms with van der Waals surface area (Å²) in [6.07, 6.45) is -4.73. The Bertz CT molecular complexity index is 1850. The number of hydrogen-bond donors (Lipinski definition) is 0. The zero-order chi connectivity index (χ0) is 31.5. The monoisotopic (exact) mass is 665 g/mol. The summed E-state index contributed by atoms with van der Waals surface area (Å²) in [4.78, 5) is 39.6. The van der Waals surface area contributed by atoms with Crippen LogP contribution in [-0.2, 0) is 18.9 Å². The molecule has 0 N–H and O–H groups in total. The zero-order valence-electron chi connectivity index (χ0n) is 23.1. The number of ether oxygens (including phenoxy) is 4. The Morgan fingerprint density at radius 1 is 0.667 bits per heavy atom. The van der Waals surface area contributed by atoms with Gasteiger partial charge in [-0.05, 0) is 84.9 Å². The lowest BCUT2D eigenvalue weighted by Crippen LogP contribution is -2.41. The maximum absolute atomic E-state index is 13.4. The molecule has 0 bridgehead atoms.